The molecule has 3 heterocycles. The normalized spacial score (nSPS) is 22.8. The van der Waals surface area contributed by atoms with Gasteiger partial charge in [0.1, 0.15) is 17.9 Å². The van der Waals surface area contributed by atoms with Crippen LogP contribution in [0.3, 0.4) is 0 Å². The summed E-state index contributed by atoms with van der Waals surface area (Å²) < 4.78 is 53.2. The number of rotatable bonds is 16. The molecule has 22 heteroatoms. The number of nitrogens with zero attached hydrogens (tertiary/aromatic N) is 7. The molecular formula is C17H28N7O12P3. The Hall–Kier alpha value is -1.81. The van der Waals surface area contributed by atoms with Crippen LogP contribution in [0.25, 0.3) is 21.6 Å². The summed E-state index contributed by atoms with van der Waals surface area (Å²) in [6.07, 6.45) is 4.83. The summed E-state index contributed by atoms with van der Waals surface area (Å²) in [5.41, 5.74) is 9.91. The molecule has 1 aliphatic rings. The zero-order valence-corrected chi connectivity index (χ0v) is 23.0. The number of hydrogen-bond donors (Lipinski definition) is 5. The first-order valence-corrected chi connectivity index (χ1v) is 16.1. The smallest absolute Gasteiger partial charge is 0.388 e. The molecule has 39 heavy (non-hydrogen) atoms. The first-order valence-electron chi connectivity index (χ1n) is 11.6. The Labute approximate surface area is 221 Å². The molecule has 2 aromatic heterocycles. The van der Waals surface area contributed by atoms with Crippen LogP contribution in [0.1, 0.15) is 50.4 Å². The van der Waals surface area contributed by atoms with Crippen LogP contribution in [0, 0.1) is 0 Å². The average Bonchev–Trinajstić information content (AvgIpc) is 3.40. The van der Waals surface area contributed by atoms with Crippen LogP contribution in [0.15, 0.2) is 17.8 Å². The molecule has 0 bridgehead atoms. The fraction of sp³-hybridized carbons (Fsp3) is 0.706. The van der Waals surface area contributed by atoms with Crippen LogP contribution in [-0.2, 0) is 38.0 Å². The number of phosphoric acid groups is 3. The van der Waals surface area contributed by atoms with Gasteiger partial charge in [0.05, 0.1) is 24.7 Å². The van der Waals surface area contributed by atoms with Gasteiger partial charge in [0.2, 0.25) is 0 Å². The number of phosphoric ester groups is 1. The molecule has 0 aliphatic carbocycles. The van der Waals surface area contributed by atoms with Crippen LogP contribution in [0.2, 0.25) is 0 Å². The largest absolute Gasteiger partial charge is 0.490 e. The molecule has 0 radical (unpaired) electrons. The lowest BCUT2D eigenvalue weighted by Crippen LogP contribution is -2.19. The average molecular weight is 615 g/mol. The number of aryl methyl sites for hydroxylation is 1. The SMILES string of the molecule is [N-]=[N+]=NCCCCCCCc1ncnc2c1ncn2C1OC(COP(=O)(O)OP(=O)(O)OP(=O)(O)O)CC1O. The Balaban J connectivity index is 1.56. The van der Waals surface area contributed by atoms with Crippen molar-refractivity contribution in [1.29, 1.82) is 0 Å². The molecule has 5 atom stereocenters. The van der Waals surface area contributed by atoms with Crippen molar-refractivity contribution in [3.63, 3.8) is 0 Å². The molecule has 1 saturated heterocycles. The van der Waals surface area contributed by atoms with E-state index in [1.165, 1.54) is 17.2 Å². The second-order valence-electron chi connectivity index (χ2n) is 8.46. The molecular weight excluding hydrogens is 587 g/mol. The molecule has 0 aromatic carbocycles. The summed E-state index contributed by atoms with van der Waals surface area (Å²) in [7, 11) is -16.5. The summed E-state index contributed by atoms with van der Waals surface area (Å²) in [5.74, 6) is 0. The van der Waals surface area contributed by atoms with Gasteiger partial charge >= 0.3 is 23.5 Å². The number of azide groups is 1. The number of hydrogen-bond acceptors (Lipinski definition) is 12. The molecule has 218 valence electrons. The summed E-state index contributed by atoms with van der Waals surface area (Å²) >= 11 is 0. The quantitative estimate of drug-likeness (QED) is 0.0596. The number of aliphatic hydroxyl groups excluding tert-OH is 1. The van der Waals surface area contributed by atoms with Crippen molar-refractivity contribution in [3.05, 3.63) is 28.8 Å². The summed E-state index contributed by atoms with van der Waals surface area (Å²) in [5, 5.41) is 14.0. The topological polar surface area (TPSA) is 282 Å². The minimum atomic E-state index is -5.64. The van der Waals surface area contributed by atoms with E-state index in [-0.39, 0.29) is 6.42 Å². The lowest BCUT2D eigenvalue weighted by atomic mass is 10.1. The van der Waals surface area contributed by atoms with Crippen LogP contribution in [-0.4, -0.2) is 69.6 Å². The number of ether oxygens (including phenoxy) is 1. The van der Waals surface area contributed by atoms with E-state index in [4.69, 9.17) is 20.1 Å². The molecule has 5 N–H and O–H groups in total. The van der Waals surface area contributed by atoms with Crippen LogP contribution < -0.4 is 0 Å². The van der Waals surface area contributed by atoms with Crippen molar-refractivity contribution in [3.8, 4) is 0 Å². The Morgan fingerprint density at radius 1 is 1.05 bits per heavy atom. The highest BCUT2D eigenvalue weighted by Gasteiger charge is 2.42. The Bertz CT molecular complexity index is 1320. The zero-order chi connectivity index (χ0) is 28.7. The van der Waals surface area contributed by atoms with Crippen molar-refractivity contribution < 1.29 is 56.3 Å². The summed E-state index contributed by atoms with van der Waals surface area (Å²) in [6.45, 7) is -0.207. The monoisotopic (exact) mass is 615 g/mol. The number of imidazole rings is 1. The van der Waals surface area contributed by atoms with Crippen LogP contribution in [0.4, 0.5) is 0 Å². The number of aliphatic hydroxyl groups is 1. The third-order valence-electron chi connectivity index (χ3n) is 5.45. The number of fused-ring (bicyclic) bond motifs is 1. The van der Waals surface area contributed by atoms with E-state index in [1.807, 2.05) is 0 Å². The Morgan fingerprint density at radius 2 is 1.77 bits per heavy atom. The summed E-state index contributed by atoms with van der Waals surface area (Å²) in [6, 6.07) is 0. The van der Waals surface area contributed by atoms with Crippen molar-refractivity contribution >= 4 is 34.6 Å². The maximum atomic E-state index is 11.9. The molecule has 0 saturated carbocycles. The highest BCUT2D eigenvalue weighted by molar-refractivity contribution is 7.66. The predicted octanol–water partition coefficient (Wildman–Crippen LogP) is 2.62. The Kier molecular flexibility index (Phi) is 11.1. The Morgan fingerprint density at radius 3 is 2.49 bits per heavy atom. The fourth-order valence-electron chi connectivity index (χ4n) is 3.89. The third kappa shape index (κ3) is 9.95. The molecule has 1 fully saturated rings. The summed E-state index contributed by atoms with van der Waals surface area (Å²) in [4.78, 5) is 51.6. The fourth-order valence-corrected chi connectivity index (χ4v) is 6.94. The van der Waals surface area contributed by atoms with Gasteiger partial charge in [0.25, 0.3) is 0 Å². The lowest BCUT2D eigenvalue weighted by molar-refractivity contribution is -0.0481. The van der Waals surface area contributed by atoms with Crippen molar-refractivity contribution in [2.45, 2.75) is 63.4 Å². The van der Waals surface area contributed by atoms with Crippen molar-refractivity contribution in [2.24, 2.45) is 5.11 Å². The van der Waals surface area contributed by atoms with E-state index in [9.17, 15) is 28.6 Å². The van der Waals surface area contributed by atoms with Gasteiger partial charge < -0.3 is 29.4 Å². The molecule has 19 nitrogen and oxygen atoms in total. The third-order valence-corrected chi connectivity index (χ3v) is 9.25. The molecule has 1 aliphatic heterocycles. The molecule has 0 amide bonds. The second kappa shape index (κ2) is 13.7. The lowest BCUT2D eigenvalue weighted by Gasteiger charge is -2.19. The van der Waals surface area contributed by atoms with E-state index < -0.39 is 48.5 Å². The minimum Gasteiger partial charge on any atom is -0.388 e. The van der Waals surface area contributed by atoms with Crippen LogP contribution in [0.5, 0.6) is 0 Å². The number of unbranched alkanes of at least 4 members (excludes halogenated alkanes) is 4. The standard InChI is InChI=1S/C17H28N7O12P3/c18-23-22-7-5-3-1-2-4-6-13-15-16(20-10-19-13)24(11-21-15)17-14(25)8-12(34-17)9-33-38(29,30)36-39(31,32)35-37(26,27)28/h10-12,14,17,25H,1-9H2,(H,29,30)(H,31,32)(H2,26,27,28). The van der Waals surface area contributed by atoms with E-state index in [0.29, 0.717) is 29.8 Å². The van der Waals surface area contributed by atoms with E-state index >= 15 is 0 Å². The first-order chi connectivity index (χ1) is 18.3. The van der Waals surface area contributed by atoms with Crippen molar-refractivity contribution in [1.82, 2.24) is 19.5 Å². The number of aromatic nitrogens is 4. The second-order valence-corrected chi connectivity index (χ2v) is 12.9. The molecule has 3 rings (SSSR count). The minimum absolute atomic E-state index is 0.0717. The molecule has 2 aromatic rings. The molecule has 5 unspecified atom stereocenters. The highest BCUT2D eigenvalue weighted by atomic mass is 31.3. The van der Waals surface area contributed by atoms with Gasteiger partial charge in [-0.3, -0.25) is 9.09 Å². The van der Waals surface area contributed by atoms with Gasteiger partial charge in [-0.15, -0.1) is 0 Å². The van der Waals surface area contributed by atoms with Gasteiger partial charge in [0.15, 0.2) is 11.9 Å². The zero-order valence-electron chi connectivity index (χ0n) is 20.3. The van der Waals surface area contributed by atoms with Gasteiger partial charge in [-0.2, -0.15) is 8.62 Å². The maximum Gasteiger partial charge on any atom is 0.490 e. The van der Waals surface area contributed by atoms with Crippen molar-refractivity contribution in [2.75, 3.05) is 13.2 Å². The predicted molar refractivity (Wildman–Crippen MR) is 130 cm³/mol. The van der Waals surface area contributed by atoms with E-state index in [0.717, 1.165) is 32.1 Å². The van der Waals surface area contributed by atoms with Gasteiger partial charge in [-0.05, 0) is 24.8 Å². The van der Waals surface area contributed by atoms with Gasteiger partial charge in [-0.1, -0.05) is 24.4 Å². The van der Waals surface area contributed by atoms with Gasteiger partial charge in [0, 0.05) is 17.9 Å². The maximum absolute atomic E-state index is 11.9. The van der Waals surface area contributed by atoms with Gasteiger partial charge in [-0.25, -0.2) is 28.6 Å². The van der Waals surface area contributed by atoms with E-state index in [2.05, 4.69) is 38.1 Å². The van der Waals surface area contributed by atoms with E-state index in [1.54, 1.807) is 0 Å². The first kappa shape index (κ1) is 31.7. The highest BCUT2D eigenvalue weighted by Crippen LogP contribution is 2.66. The van der Waals surface area contributed by atoms with Crippen LogP contribution >= 0.6 is 23.5 Å². The molecule has 0 spiro atoms.